The number of amides is 2. The Balaban J connectivity index is 2.12. The van der Waals surface area contributed by atoms with Gasteiger partial charge in [-0.15, -0.1) is 11.8 Å². The molecule has 30 heavy (non-hydrogen) atoms. The predicted octanol–water partition coefficient (Wildman–Crippen LogP) is 5.82. The second-order valence-electron chi connectivity index (χ2n) is 7.22. The first kappa shape index (κ1) is 24.9. The number of rotatable bonds is 9. The van der Waals surface area contributed by atoms with Crippen molar-refractivity contribution in [2.75, 3.05) is 5.75 Å². The van der Waals surface area contributed by atoms with Crippen molar-refractivity contribution in [3.05, 3.63) is 68.7 Å². The van der Waals surface area contributed by atoms with E-state index in [9.17, 15) is 9.59 Å². The highest BCUT2D eigenvalue weighted by Gasteiger charge is 2.27. The molecule has 0 aliphatic rings. The highest BCUT2D eigenvalue weighted by Crippen LogP contribution is 2.24. The topological polar surface area (TPSA) is 49.4 Å². The number of halogens is 3. The Hall–Kier alpha value is -1.40. The van der Waals surface area contributed by atoms with Gasteiger partial charge in [-0.3, -0.25) is 9.59 Å². The van der Waals surface area contributed by atoms with Gasteiger partial charge in [0.25, 0.3) is 0 Å². The van der Waals surface area contributed by atoms with Gasteiger partial charge in [0.15, 0.2) is 0 Å². The van der Waals surface area contributed by atoms with Gasteiger partial charge in [-0.1, -0.05) is 53.0 Å². The van der Waals surface area contributed by atoms with E-state index in [4.69, 9.17) is 34.8 Å². The summed E-state index contributed by atoms with van der Waals surface area (Å²) in [5, 5.41) is 4.51. The van der Waals surface area contributed by atoms with Gasteiger partial charge < -0.3 is 10.2 Å². The van der Waals surface area contributed by atoms with E-state index in [2.05, 4.69) is 5.32 Å². The number of carbonyl (C=O) groups excluding carboxylic acids is 2. The molecule has 0 radical (unpaired) electrons. The molecule has 8 heteroatoms. The normalized spacial score (nSPS) is 12.0. The van der Waals surface area contributed by atoms with Gasteiger partial charge in [0, 0.05) is 33.4 Å². The molecule has 0 bridgehead atoms. The van der Waals surface area contributed by atoms with E-state index in [1.54, 1.807) is 30.0 Å². The summed E-state index contributed by atoms with van der Waals surface area (Å²) < 4.78 is 0. The average Bonchev–Trinajstić information content (AvgIpc) is 2.66. The molecule has 0 spiro atoms. The van der Waals surface area contributed by atoms with Crippen molar-refractivity contribution >= 4 is 58.4 Å². The molecule has 0 fully saturated rings. The third-order valence-electron chi connectivity index (χ3n) is 4.34. The van der Waals surface area contributed by atoms with Crippen molar-refractivity contribution in [2.24, 2.45) is 0 Å². The van der Waals surface area contributed by atoms with E-state index in [1.807, 2.05) is 38.1 Å². The van der Waals surface area contributed by atoms with Crippen LogP contribution in [0, 0.1) is 0 Å². The van der Waals surface area contributed by atoms with Crippen molar-refractivity contribution in [1.82, 2.24) is 10.2 Å². The predicted molar refractivity (Wildman–Crippen MR) is 127 cm³/mol. The van der Waals surface area contributed by atoms with Crippen LogP contribution in [0.2, 0.25) is 15.1 Å². The van der Waals surface area contributed by atoms with Crippen molar-refractivity contribution in [3.63, 3.8) is 0 Å². The number of nitrogens with one attached hydrogen (secondary N) is 1. The van der Waals surface area contributed by atoms with Crippen LogP contribution in [0.4, 0.5) is 0 Å². The Morgan fingerprint density at radius 1 is 1.03 bits per heavy atom. The Morgan fingerprint density at radius 3 is 2.37 bits per heavy atom. The molecular formula is C22H25Cl3N2O2S. The molecule has 2 rings (SSSR count). The quantitative estimate of drug-likeness (QED) is 0.485. The first-order valence-corrected chi connectivity index (χ1v) is 11.8. The maximum atomic E-state index is 13.0. The molecule has 1 N–H and O–H groups in total. The summed E-state index contributed by atoms with van der Waals surface area (Å²) in [6.45, 7) is 5.71. The van der Waals surface area contributed by atoms with Crippen LogP contribution in [-0.2, 0) is 21.9 Å². The Morgan fingerprint density at radius 2 is 1.73 bits per heavy atom. The maximum absolute atomic E-state index is 13.0. The van der Waals surface area contributed by atoms with Gasteiger partial charge in [0.2, 0.25) is 11.8 Å². The molecule has 0 unspecified atom stereocenters. The molecule has 2 aromatic carbocycles. The minimum absolute atomic E-state index is 0.0202. The van der Waals surface area contributed by atoms with Gasteiger partial charge in [0.1, 0.15) is 6.04 Å². The summed E-state index contributed by atoms with van der Waals surface area (Å²) in [6, 6.07) is 12.0. The minimum Gasteiger partial charge on any atom is -0.352 e. The molecule has 2 amide bonds. The smallest absolute Gasteiger partial charge is 0.242 e. The van der Waals surface area contributed by atoms with Crippen LogP contribution in [-0.4, -0.2) is 34.6 Å². The lowest BCUT2D eigenvalue weighted by Crippen LogP contribution is -2.49. The van der Waals surface area contributed by atoms with Gasteiger partial charge in [-0.05, 0) is 56.2 Å². The summed E-state index contributed by atoms with van der Waals surface area (Å²) in [5.41, 5.74) is 1.77. The van der Waals surface area contributed by atoms with Gasteiger partial charge in [-0.25, -0.2) is 0 Å². The van der Waals surface area contributed by atoms with Crippen LogP contribution in [0.5, 0.6) is 0 Å². The molecule has 0 aliphatic carbocycles. The standard InChI is InChI=1S/C22H25Cl3N2O2S/c1-14(2)26-22(29)15(3)27(11-17-7-8-19(24)10-20(17)25)21(28)13-30-12-16-5-4-6-18(23)9-16/h4-10,14-15H,11-13H2,1-3H3,(H,26,29)/t15-/m0/s1. The molecule has 0 saturated carbocycles. The second kappa shape index (κ2) is 11.8. The summed E-state index contributed by atoms with van der Waals surface area (Å²) >= 11 is 19.8. The first-order valence-electron chi connectivity index (χ1n) is 9.53. The third kappa shape index (κ3) is 7.69. The monoisotopic (exact) mass is 486 g/mol. The summed E-state index contributed by atoms with van der Waals surface area (Å²) in [4.78, 5) is 27.2. The molecule has 0 heterocycles. The van der Waals surface area contributed by atoms with Crippen LogP contribution < -0.4 is 5.32 Å². The summed E-state index contributed by atoms with van der Waals surface area (Å²) in [6.07, 6.45) is 0. The van der Waals surface area contributed by atoms with Gasteiger partial charge in [0.05, 0.1) is 5.75 Å². The Labute approximate surface area is 197 Å². The molecule has 162 valence electrons. The number of thioether (sulfide) groups is 1. The summed E-state index contributed by atoms with van der Waals surface area (Å²) in [5.74, 6) is 0.536. The zero-order valence-electron chi connectivity index (χ0n) is 17.1. The first-order chi connectivity index (χ1) is 14.2. The molecule has 0 aliphatic heterocycles. The van der Waals surface area contributed by atoms with Crippen molar-refractivity contribution in [3.8, 4) is 0 Å². The molecule has 0 aromatic heterocycles. The van der Waals surface area contributed by atoms with Crippen LogP contribution in [0.1, 0.15) is 31.9 Å². The molecular weight excluding hydrogens is 463 g/mol. The van der Waals surface area contributed by atoms with Crippen molar-refractivity contribution in [2.45, 2.75) is 45.2 Å². The number of carbonyl (C=O) groups is 2. The molecule has 1 atom stereocenters. The van der Waals surface area contributed by atoms with E-state index >= 15 is 0 Å². The zero-order chi connectivity index (χ0) is 22.3. The van der Waals surface area contributed by atoms with Crippen LogP contribution in [0.3, 0.4) is 0 Å². The number of nitrogens with zero attached hydrogens (tertiary/aromatic N) is 1. The number of benzene rings is 2. The van der Waals surface area contributed by atoms with E-state index in [0.29, 0.717) is 20.8 Å². The molecule has 4 nitrogen and oxygen atoms in total. The van der Waals surface area contributed by atoms with Crippen molar-refractivity contribution in [1.29, 1.82) is 0 Å². The van der Waals surface area contributed by atoms with Gasteiger partial charge in [-0.2, -0.15) is 0 Å². The Kier molecular flexibility index (Phi) is 9.82. The second-order valence-corrected chi connectivity index (χ2v) is 9.49. The molecule has 0 saturated heterocycles. The van der Waals surface area contributed by atoms with Crippen LogP contribution in [0.25, 0.3) is 0 Å². The van der Waals surface area contributed by atoms with Crippen molar-refractivity contribution < 1.29 is 9.59 Å². The SMILES string of the molecule is CC(C)NC(=O)[C@H](C)N(Cc1ccc(Cl)cc1Cl)C(=O)CSCc1cccc(Cl)c1. The lowest BCUT2D eigenvalue weighted by atomic mass is 10.1. The highest BCUT2D eigenvalue weighted by molar-refractivity contribution is 7.99. The fourth-order valence-corrected chi connectivity index (χ4v) is 4.33. The number of hydrogen-bond acceptors (Lipinski definition) is 3. The van der Waals surface area contributed by atoms with E-state index in [-0.39, 0.29) is 30.2 Å². The maximum Gasteiger partial charge on any atom is 0.242 e. The van der Waals surface area contributed by atoms with Crippen LogP contribution in [0.15, 0.2) is 42.5 Å². The lowest BCUT2D eigenvalue weighted by Gasteiger charge is -2.29. The Bertz CT molecular complexity index is 892. The minimum atomic E-state index is -0.640. The van der Waals surface area contributed by atoms with E-state index in [0.717, 1.165) is 11.1 Å². The van der Waals surface area contributed by atoms with Crippen LogP contribution >= 0.6 is 46.6 Å². The molecule has 2 aromatic rings. The fourth-order valence-electron chi connectivity index (χ4n) is 2.79. The largest absolute Gasteiger partial charge is 0.352 e. The van der Waals surface area contributed by atoms with E-state index < -0.39 is 6.04 Å². The number of hydrogen-bond donors (Lipinski definition) is 1. The fraction of sp³-hybridized carbons (Fsp3) is 0.364. The van der Waals surface area contributed by atoms with Gasteiger partial charge >= 0.3 is 0 Å². The average molecular weight is 488 g/mol. The van der Waals surface area contributed by atoms with E-state index in [1.165, 1.54) is 11.8 Å². The third-order valence-corrected chi connectivity index (χ3v) is 6.15. The summed E-state index contributed by atoms with van der Waals surface area (Å²) in [7, 11) is 0. The zero-order valence-corrected chi connectivity index (χ0v) is 20.2. The highest BCUT2D eigenvalue weighted by atomic mass is 35.5. The lowest BCUT2D eigenvalue weighted by molar-refractivity contribution is -0.138.